The van der Waals surface area contributed by atoms with E-state index in [-0.39, 0.29) is 0 Å². The number of hydrogen-bond donors (Lipinski definition) is 1. The van der Waals surface area contributed by atoms with Gasteiger partial charge >= 0.3 is 0 Å². The van der Waals surface area contributed by atoms with Crippen molar-refractivity contribution in [1.29, 1.82) is 0 Å². The predicted octanol–water partition coefficient (Wildman–Crippen LogP) is 4.38. The summed E-state index contributed by atoms with van der Waals surface area (Å²) < 4.78 is 15.3. The summed E-state index contributed by atoms with van der Waals surface area (Å²) in [6.07, 6.45) is 5.55. The average Bonchev–Trinajstić information content (AvgIpc) is 3.41. The van der Waals surface area contributed by atoms with Crippen LogP contribution in [0.1, 0.15) is 11.3 Å². The Bertz CT molecular complexity index is 1230. The fourth-order valence-electron chi connectivity index (χ4n) is 3.87. The van der Waals surface area contributed by atoms with Gasteiger partial charge < -0.3 is 19.4 Å². The minimum Gasteiger partial charge on any atom is -0.497 e. The number of fused-ring (bicyclic) bond motifs is 1. The fourth-order valence-corrected chi connectivity index (χ4v) is 4.62. The number of nitrogens with one attached hydrogen (secondary N) is 1. The van der Waals surface area contributed by atoms with Gasteiger partial charge in [-0.1, -0.05) is 31.8 Å². The summed E-state index contributed by atoms with van der Waals surface area (Å²) in [7, 11) is 2.51. The zero-order chi connectivity index (χ0) is 24.1. The Hall–Kier alpha value is -3.01. The molecule has 1 N–H and O–H groups in total. The molecule has 9 heteroatoms. The van der Waals surface area contributed by atoms with Crippen molar-refractivity contribution in [2.45, 2.75) is 45.5 Å². The topological polar surface area (TPSA) is 79.0 Å². The minimum absolute atomic E-state index is 0.491. The molecule has 0 aliphatic carbocycles. The summed E-state index contributed by atoms with van der Waals surface area (Å²) in [6, 6.07) is 11.3. The van der Waals surface area contributed by atoms with Gasteiger partial charge in [-0.25, -0.2) is 9.97 Å². The van der Waals surface area contributed by atoms with Crippen molar-refractivity contribution in [3.63, 3.8) is 0 Å². The third-order valence-electron chi connectivity index (χ3n) is 5.82. The highest BCUT2D eigenvalue weighted by Crippen LogP contribution is 2.29. The van der Waals surface area contributed by atoms with Crippen LogP contribution in [0.3, 0.4) is 0 Å². The lowest BCUT2D eigenvalue weighted by molar-refractivity contribution is 0.0899. The van der Waals surface area contributed by atoms with Gasteiger partial charge in [0.05, 0.1) is 31.2 Å². The molecule has 34 heavy (non-hydrogen) atoms. The summed E-state index contributed by atoms with van der Waals surface area (Å²) in [6.45, 7) is 9.69. The number of hydrogen-bond acceptors (Lipinski definition) is 6. The largest absolute Gasteiger partial charge is 0.497 e. The van der Waals surface area contributed by atoms with Gasteiger partial charge in [0.2, 0.25) is 0 Å². The molecule has 3 heterocycles. The highest BCUT2D eigenvalue weighted by molar-refractivity contribution is 6.76. The van der Waals surface area contributed by atoms with Crippen molar-refractivity contribution in [3.8, 4) is 17.0 Å². The number of methoxy groups -OCH3 is 1. The van der Waals surface area contributed by atoms with Crippen molar-refractivity contribution in [2.75, 3.05) is 20.8 Å². The van der Waals surface area contributed by atoms with Crippen molar-refractivity contribution in [1.82, 2.24) is 29.6 Å². The Morgan fingerprint density at radius 3 is 2.56 bits per heavy atom. The maximum atomic E-state index is 5.96. The summed E-state index contributed by atoms with van der Waals surface area (Å²) in [4.78, 5) is 9.19. The molecule has 1 aromatic carbocycles. The third kappa shape index (κ3) is 5.55. The predicted molar refractivity (Wildman–Crippen MR) is 138 cm³/mol. The molecule has 4 aromatic rings. The molecule has 180 valence electrons. The highest BCUT2D eigenvalue weighted by Gasteiger charge is 2.18. The second-order valence-electron chi connectivity index (χ2n) is 9.63. The molecule has 0 spiro atoms. The summed E-state index contributed by atoms with van der Waals surface area (Å²) in [5, 5.41) is 8.98. The van der Waals surface area contributed by atoms with Crippen molar-refractivity contribution in [3.05, 3.63) is 60.3 Å². The van der Waals surface area contributed by atoms with Crippen molar-refractivity contribution < 1.29 is 9.47 Å². The molecular formula is C25H34N6O2Si. The van der Waals surface area contributed by atoms with Crippen LogP contribution in [0.25, 0.3) is 22.3 Å². The van der Waals surface area contributed by atoms with Crippen LogP contribution in [0.5, 0.6) is 5.75 Å². The molecule has 0 saturated heterocycles. The van der Waals surface area contributed by atoms with Crippen LogP contribution in [0.2, 0.25) is 25.7 Å². The maximum absolute atomic E-state index is 5.96. The zero-order valence-electron chi connectivity index (χ0n) is 20.7. The molecule has 0 aliphatic heterocycles. The Balaban J connectivity index is 1.60. The molecule has 3 aromatic heterocycles. The fraction of sp³-hybridized carbons (Fsp3) is 0.400. The number of aromatic nitrogens is 5. The number of ether oxygens (including phenoxy) is 2. The summed E-state index contributed by atoms with van der Waals surface area (Å²) >= 11 is 0. The van der Waals surface area contributed by atoms with E-state index in [9.17, 15) is 0 Å². The molecule has 0 unspecified atom stereocenters. The van der Waals surface area contributed by atoms with Crippen LogP contribution >= 0.6 is 0 Å². The van der Waals surface area contributed by atoms with Gasteiger partial charge in [-0.3, -0.25) is 4.68 Å². The van der Waals surface area contributed by atoms with E-state index in [4.69, 9.17) is 14.6 Å². The molecule has 0 fully saturated rings. The van der Waals surface area contributed by atoms with Gasteiger partial charge in [0.1, 0.15) is 24.5 Å². The average molecular weight is 479 g/mol. The number of nitrogens with zero attached hydrogens (tertiary/aromatic N) is 5. The van der Waals surface area contributed by atoms with E-state index in [0.29, 0.717) is 19.8 Å². The lowest BCUT2D eigenvalue weighted by Crippen LogP contribution is -2.22. The van der Waals surface area contributed by atoms with Crippen LogP contribution in [0, 0.1) is 0 Å². The first-order valence-corrected chi connectivity index (χ1v) is 15.3. The first-order chi connectivity index (χ1) is 16.4. The second-order valence-corrected chi connectivity index (χ2v) is 15.3. The van der Waals surface area contributed by atoms with E-state index < -0.39 is 8.07 Å². The maximum Gasteiger partial charge on any atom is 0.145 e. The van der Waals surface area contributed by atoms with E-state index in [1.807, 2.05) is 40.8 Å². The Kier molecular flexibility index (Phi) is 7.45. The van der Waals surface area contributed by atoms with Gasteiger partial charge in [0.25, 0.3) is 0 Å². The van der Waals surface area contributed by atoms with E-state index in [0.717, 1.165) is 51.9 Å². The quantitative estimate of drug-likeness (QED) is 0.255. The molecule has 8 nitrogen and oxygen atoms in total. The molecule has 0 amide bonds. The molecular weight excluding hydrogens is 444 g/mol. The first-order valence-electron chi connectivity index (χ1n) is 11.6. The van der Waals surface area contributed by atoms with Gasteiger partial charge in [0, 0.05) is 38.4 Å². The van der Waals surface area contributed by atoms with E-state index >= 15 is 0 Å². The third-order valence-corrected chi connectivity index (χ3v) is 7.53. The number of rotatable bonds is 11. The first kappa shape index (κ1) is 24.1. The van der Waals surface area contributed by atoms with Crippen LogP contribution in [0.4, 0.5) is 0 Å². The molecule has 0 bridgehead atoms. The lowest BCUT2D eigenvalue weighted by Gasteiger charge is -2.15. The van der Waals surface area contributed by atoms with Crippen molar-refractivity contribution in [2.24, 2.45) is 0 Å². The monoisotopic (exact) mass is 478 g/mol. The van der Waals surface area contributed by atoms with E-state index in [2.05, 4.69) is 53.1 Å². The van der Waals surface area contributed by atoms with E-state index in [1.165, 1.54) is 0 Å². The van der Waals surface area contributed by atoms with Gasteiger partial charge in [-0.05, 0) is 36.9 Å². The smallest absolute Gasteiger partial charge is 0.145 e. The minimum atomic E-state index is -1.11. The Labute approximate surface area is 202 Å². The lowest BCUT2D eigenvalue weighted by atomic mass is 10.1. The Morgan fingerprint density at radius 1 is 1.06 bits per heavy atom. The summed E-state index contributed by atoms with van der Waals surface area (Å²) in [5.41, 5.74) is 5.00. The van der Waals surface area contributed by atoms with Crippen LogP contribution in [-0.4, -0.2) is 53.2 Å². The molecule has 0 saturated carbocycles. The Morgan fingerprint density at radius 2 is 1.85 bits per heavy atom. The van der Waals surface area contributed by atoms with Crippen LogP contribution in [-0.2, 0) is 24.6 Å². The van der Waals surface area contributed by atoms with Gasteiger partial charge in [-0.15, -0.1) is 0 Å². The normalized spacial score (nSPS) is 11.9. The molecule has 4 rings (SSSR count). The molecule has 0 radical (unpaired) electrons. The molecule has 0 atom stereocenters. The standard InChI is InChI=1S/C25H34N6O2Si/c1-26-15-23-22(14-29-31(23)16-19-6-8-20(32-2)9-7-19)24-21-10-11-30(25(21)28-17-27-24)18-33-12-13-34(3,4)5/h6-11,14,17,26H,12-13,15-16,18H2,1-5H3. The number of benzene rings is 1. The zero-order valence-corrected chi connectivity index (χ0v) is 21.7. The van der Waals surface area contributed by atoms with E-state index in [1.54, 1.807) is 13.4 Å². The SMILES string of the molecule is CNCc1c(-c2ncnc3c2ccn3COCC[Si](C)(C)C)cnn1Cc1ccc(OC)cc1. The van der Waals surface area contributed by atoms with Gasteiger partial charge in [-0.2, -0.15) is 5.10 Å². The van der Waals surface area contributed by atoms with Crippen LogP contribution < -0.4 is 10.1 Å². The van der Waals surface area contributed by atoms with Gasteiger partial charge in [0.15, 0.2) is 0 Å². The molecule has 0 aliphatic rings. The van der Waals surface area contributed by atoms with Crippen molar-refractivity contribution >= 4 is 19.1 Å². The summed E-state index contributed by atoms with van der Waals surface area (Å²) in [5.74, 6) is 0.845. The second kappa shape index (κ2) is 10.5. The highest BCUT2D eigenvalue weighted by atomic mass is 28.3. The van der Waals surface area contributed by atoms with Crippen LogP contribution in [0.15, 0.2) is 49.1 Å².